The van der Waals surface area contributed by atoms with E-state index in [1.165, 1.54) is 0 Å². The van der Waals surface area contributed by atoms with Gasteiger partial charge in [0.15, 0.2) is 11.5 Å². The van der Waals surface area contributed by atoms with Crippen LogP contribution in [0.3, 0.4) is 0 Å². The normalized spacial score (nSPS) is 11.2. The van der Waals surface area contributed by atoms with E-state index in [-0.39, 0.29) is 5.56 Å². The molecule has 4 rings (SSSR count). The molecule has 2 aromatic heterocycles. The first-order chi connectivity index (χ1) is 15.5. The van der Waals surface area contributed by atoms with Gasteiger partial charge in [0.2, 0.25) is 0 Å². The number of rotatable bonds is 7. The lowest BCUT2D eigenvalue weighted by molar-refractivity contribution is 0.356. The van der Waals surface area contributed by atoms with Gasteiger partial charge in [0.1, 0.15) is 5.75 Å². The van der Waals surface area contributed by atoms with Crippen molar-refractivity contribution in [1.29, 1.82) is 0 Å². The molecule has 2 heterocycles. The number of hydrogen-bond donors (Lipinski definition) is 1. The van der Waals surface area contributed by atoms with Gasteiger partial charge in [-0.3, -0.25) is 9.78 Å². The van der Waals surface area contributed by atoms with Crippen molar-refractivity contribution in [1.82, 2.24) is 9.97 Å². The van der Waals surface area contributed by atoms with E-state index in [0.29, 0.717) is 23.5 Å². The third-order valence-corrected chi connectivity index (χ3v) is 5.90. The molecule has 1 N–H and O–H groups in total. The number of methoxy groups -OCH3 is 3. The second kappa shape index (κ2) is 8.91. The summed E-state index contributed by atoms with van der Waals surface area (Å²) >= 11 is 0. The van der Waals surface area contributed by atoms with Gasteiger partial charge in [-0.25, -0.2) is 0 Å². The van der Waals surface area contributed by atoms with E-state index in [1.807, 2.05) is 37.3 Å². The predicted molar refractivity (Wildman–Crippen MR) is 128 cm³/mol. The zero-order valence-corrected chi connectivity index (χ0v) is 19.2. The van der Waals surface area contributed by atoms with Crippen LogP contribution in [0.4, 0.5) is 0 Å². The Kier molecular flexibility index (Phi) is 6.04. The number of aryl methyl sites for hydroxylation is 2. The summed E-state index contributed by atoms with van der Waals surface area (Å²) in [5.74, 6) is 2.02. The highest BCUT2D eigenvalue weighted by Crippen LogP contribution is 2.35. The molecule has 0 radical (unpaired) electrons. The molecule has 0 saturated heterocycles. The monoisotopic (exact) mass is 432 g/mol. The number of fused-ring (bicyclic) bond motifs is 2. The van der Waals surface area contributed by atoms with Crippen molar-refractivity contribution >= 4 is 21.7 Å². The molecule has 0 atom stereocenters. The summed E-state index contributed by atoms with van der Waals surface area (Å²) in [5, 5.41) is 2.83. The minimum atomic E-state index is -0.0849. The van der Waals surface area contributed by atoms with Crippen molar-refractivity contribution in [3.8, 4) is 17.2 Å². The summed E-state index contributed by atoms with van der Waals surface area (Å²) in [6.45, 7) is 4.07. The fourth-order valence-corrected chi connectivity index (χ4v) is 4.19. The van der Waals surface area contributed by atoms with E-state index >= 15 is 0 Å². The maximum atomic E-state index is 13.2. The Morgan fingerprint density at radius 2 is 1.66 bits per heavy atom. The first kappa shape index (κ1) is 21.7. The molecule has 0 amide bonds. The predicted octanol–water partition coefficient (Wildman–Crippen LogP) is 4.95. The van der Waals surface area contributed by atoms with E-state index < -0.39 is 0 Å². The van der Waals surface area contributed by atoms with Crippen LogP contribution in [0.15, 0.2) is 41.2 Å². The third kappa shape index (κ3) is 3.88. The Labute approximate surface area is 187 Å². The molecule has 4 aromatic rings. The second-order valence-corrected chi connectivity index (χ2v) is 7.88. The quantitative estimate of drug-likeness (QED) is 0.447. The SMILES string of the molecule is CCCc1[nH]c(=O)c(Cc2cc3cc(OC)ccc3nc2C)c2cc(OC)c(OC)cc12. The largest absolute Gasteiger partial charge is 0.497 e. The van der Waals surface area contributed by atoms with Gasteiger partial charge in [0.05, 0.1) is 26.8 Å². The number of nitrogens with zero attached hydrogens (tertiary/aromatic N) is 1. The Hall–Kier alpha value is -3.54. The Morgan fingerprint density at radius 1 is 0.938 bits per heavy atom. The second-order valence-electron chi connectivity index (χ2n) is 7.88. The van der Waals surface area contributed by atoms with Gasteiger partial charge in [0, 0.05) is 34.1 Å². The van der Waals surface area contributed by atoms with E-state index in [9.17, 15) is 4.79 Å². The minimum absolute atomic E-state index is 0.0849. The van der Waals surface area contributed by atoms with E-state index in [4.69, 9.17) is 19.2 Å². The van der Waals surface area contributed by atoms with Crippen LogP contribution in [-0.4, -0.2) is 31.3 Å². The first-order valence-electron chi connectivity index (χ1n) is 10.7. The summed E-state index contributed by atoms with van der Waals surface area (Å²) in [7, 11) is 4.87. The van der Waals surface area contributed by atoms with Crippen LogP contribution in [0.5, 0.6) is 17.2 Å². The van der Waals surface area contributed by atoms with E-state index in [1.54, 1.807) is 21.3 Å². The fourth-order valence-electron chi connectivity index (χ4n) is 4.19. The molecule has 0 fully saturated rings. The molecule has 0 aliphatic rings. The third-order valence-electron chi connectivity index (χ3n) is 5.90. The van der Waals surface area contributed by atoms with E-state index in [2.05, 4.69) is 18.0 Å². The standard InChI is InChI=1S/C26H28N2O4/c1-6-7-23-20-14-25(32-5)24(31-4)13-19(20)21(26(29)28-23)12-16-10-17-11-18(30-3)8-9-22(17)27-15(16)2/h8-11,13-14H,6-7,12H2,1-5H3,(H,28,29). The molecule has 2 aromatic carbocycles. The molecule has 32 heavy (non-hydrogen) atoms. The van der Waals surface area contributed by atoms with Crippen LogP contribution < -0.4 is 19.8 Å². The van der Waals surface area contributed by atoms with Gasteiger partial charge in [-0.1, -0.05) is 13.3 Å². The number of hydrogen-bond acceptors (Lipinski definition) is 5. The number of aromatic nitrogens is 2. The lowest BCUT2D eigenvalue weighted by atomic mass is 9.96. The number of benzene rings is 2. The summed E-state index contributed by atoms with van der Waals surface area (Å²) in [6.07, 6.45) is 2.16. The maximum absolute atomic E-state index is 13.2. The van der Waals surface area contributed by atoms with Gasteiger partial charge in [-0.05, 0) is 60.7 Å². The molecule has 6 nitrogen and oxygen atoms in total. The smallest absolute Gasteiger partial charge is 0.252 e. The van der Waals surface area contributed by atoms with Crippen LogP contribution in [-0.2, 0) is 12.8 Å². The van der Waals surface area contributed by atoms with Gasteiger partial charge in [0.25, 0.3) is 5.56 Å². The number of aromatic amines is 1. The lowest BCUT2D eigenvalue weighted by Crippen LogP contribution is -2.17. The number of pyridine rings is 2. The van der Waals surface area contributed by atoms with Gasteiger partial charge in [-0.2, -0.15) is 0 Å². The van der Waals surface area contributed by atoms with Crippen LogP contribution >= 0.6 is 0 Å². The Morgan fingerprint density at radius 3 is 2.31 bits per heavy atom. The first-order valence-corrected chi connectivity index (χ1v) is 10.7. The lowest BCUT2D eigenvalue weighted by Gasteiger charge is -2.15. The molecule has 0 bridgehead atoms. The molecule has 166 valence electrons. The molecule has 0 saturated carbocycles. The summed E-state index contributed by atoms with van der Waals surface area (Å²) < 4.78 is 16.4. The highest BCUT2D eigenvalue weighted by Gasteiger charge is 2.17. The zero-order chi connectivity index (χ0) is 22.8. The average Bonchev–Trinajstić information content (AvgIpc) is 2.80. The van der Waals surface area contributed by atoms with Crippen LogP contribution in [0.2, 0.25) is 0 Å². The fraction of sp³-hybridized carbons (Fsp3) is 0.308. The highest BCUT2D eigenvalue weighted by atomic mass is 16.5. The number of nitrogens with one attached hydrogen (secondary N) is 1. The van der Waals surface area contributed by atoms with Crippen molar-refractivity contribution in [3.63, 3.8) is 0 Å². The van der Waals surface area contributed by atoms with E-state index in [0.717, 1.165) is 57.2 Å². The summed E-state index contributed by atoms with van der Waals surface area (Å²) in [6, 6.07) is 11.8. The van der Waals surface area contributed by atoms with Crippen molar-refractivity contribution in [2.75, 3.05) is 21.3 Å². The van der Waals surface area contributed by atoms with Gasteiger partial charge >= 0.3 is 0 Å². The van der Waals surface area contributed by atoms with Crippen LogP contribution in [0.1, 0.15) is 35.9 Å². The minimum Gasteiger partial charge on any atom is -0.497 e. The van der Waals surface area contributed by atoms with Crippen molar-refractivity contribution in [2.24, 2.45) is 0 Å². The molecule has 0 aliphatic heterocycles. The molecular formula is C26H28N2O4. The van der Waals surface area contributed by atoms with Crippen molar-refractivity contribution < 1.29 is 14.2 Å². The maximum Gasteiger partial charge on any atom is 0.252 e. The highest BCUT2D eigenvalue weighted by molar-refractivity contribution is 5.91. The van der Waals surface area contributed by atoms with Crippen LogP contribution in [0.25, 0.3) is 21.7 Å². The zero-order valence-electron chi connectivity index (χ0n) is 19.2. The van der Waals surface area contributed by atoms with Gasteiger partial charge in [-0.15, -0.1) is 0 Å². The average molecular weight is 433 g/mol. The molecular weight excluding hydrogens is 404 g/mol. The number of ether oxygens (including phenoxy) is 3. The van der Waals surface area contributed by atoms with Gasteiger partial charge < -0.3 is 19.2 Å². The van der Waals surface area contributed by atoms with Crippen molar-refractivity contribution in [3.05, 3.63) is 69.3 Å². The molecule has 0 aliphatic carbocycles. The number of H-pyrrole nitrogens is 1. The van der Waals surface area contributed by atoms with Crippen molar-refractivity contribution in [2.45, 2.75) is 33.1 Å². The topological polar surface area (TPSA) is 73.4 Å². The Bertz CT molecular complexity index is 1360. The molecule has 0 unspecified atom stereocenters. The molecule has 6 heteroatoms. The molecule has 0 spiro atoms. The summed E-state index contributed by atoms with van der Waals surface area (Å²) in [5.41, 5.74) is 4.31. The van der Waals surface area contributed by atoms with Crippen LogP contribution in [0, 0.1) is 6.92 Å². The Balaban J connectivity index is 1.92. The summed E-state index contributed by atoms with van der Waals surface area (Å²) in [4.78, 5) is 21.1.